The molecule has 2 aromatic rings. The van der Waals surface area contributed by atoms with E-state index in [2.05, 4.69) is 65.8 Å². The molecule has 27 heavy (non-hydrogen) atoms. The van der Waals surface area contributed by atoms with Crippen LogP contribution in [0.15, 0.2) is 28.6 Å². The molecule has 0 unspecified atom stereocenters. The van der Waals surface area contributed by atoms with Gasteiger partial charge < -0.3 is 15.4 Å². The van der Waals surface area contributed by atoms with Crippen LogP contribution < -0.4 is 15.4 Å². The first-order valence-corrected chi connectivity index (χ1v) is 10.0. The van der Waals surface area contributed by atoms with Gasteiger partial charge in [0, 0.05) is 18.5 Å². The van der Waals surface area contributed by atoms with Crippen LogP contribution in [-0.4, -0.2) is 31.1 Å². The second kappa shape index (κ2) is 12.2. The van der Waals surface area contributed by atoms with Crippen molar-refractivity contribution >= 4 is 41.3 Å². The fourth-order valence-electron chi connectivity index (χ4n) is 2.57. The Morgan fingerprint density at radius 2 is 2.07 bits per heavy atom. The van der Waals surface area contributed by atoms with Gasteiger partial charge in [-0.05, 0) is 37.8 Å². The zero-order valence-electron chi connectivity index (χ0n) is 16.8. The van der Waals surface area contributed by atoms with Crippen LogP contribution >= 0.6 is 35.3 Å². The first-order valence-electron chi connectivity index (χ1n) is 9.13. The quantitative estimate of drug-likeness (QED) is 0.317. The van der Waals surface area contributed by atoms with Crippen molar-refractivity contribution in [3.63, 3.8) is 0 Å². The molecule has 2 rings (SSSR count). The largest absolute Gasteiger partial charge is 0.496 e. The lowest BCUT2D eigenvalue weighted by molar-refractivity contribution is 0.409. The van der Waals surface area contributed by atoms with Crippen LogP contribution in [0.1, 0.15) is 48.5 Å². The number of nitrogens with zero attached hydrogens (tertiary/aromatic N) is 2. The minimum atomic E-state index is 0. The number of aryl methyl sites for hydroxylation is 1. The minimum absolute atomic E-state index is 0. The molecule has 7 heteroatoms. The predicted molar refractivity (Wildman–Crippen MR) is 126 cm³/mol. The predicted octanol–water partition coefficient (Wildman–Crippen LogP) is 4.50. The summed E-state index contributed by atoms with van der Waals surface area (Å²) >= 11 is 1.67. The fourth-order valence-corrected chi connectivity index (χ4v) is 3.45. The molecule has 5 nitrogen and oxygen atoms in total. The van der Waals surface area contributed by atoms with Gasteiger partial charge in [0.1, 0.15) is 10.8 Å². The number of thiazole rings is 1. The number of guanidine groups is 1. The number of aromatic nitrogens is 1. The summed E-state index contributed by atoms with van der Waals surface area (Å²) in [7, 11) is 1.71. The van der Waals surface area contributed by atoms with E-state index in [4.69, 9.17) is 4.74 Å². The van der Waals surface area contributed by atoms with E-state index in [9.17, 15) is 0 Å². The highest BCUT2D eigenvalue weighted by atomic mass is 127. The van der Waals surface area contributed by atoms with Gasteiger partial charge in [0.25, 0.3) is 0 Å². The summed E-state index contributed by atoms with van der Waals surface area (Å²) < 4.78 is 5.45. The lowest BCUT2D eigenvalue weighted by Gasteiger charge is -2.13. The van der Waals surface area contributed by atoms with Crippen molar-refractivity contribution in [2.24, 2.45) is 4.99 Å². The Labute approximate surface area is 184 Å². The maximum absolute atomic E-state index is 5.45. The van der Waals surface area contributed by atoms with Crippen molar-refractivity contribution in [3.8, 4) is 5.75 Å². The SMILES string of the molecule is CCNC(=NCc1nc(C(C)C)cs1)NCCc1cc(C)ccc1OC.I. The van der Waals surface area contributed by atoms with E-state index in [1.54, 1.807) is 18.4 Å². The average Bonchev–Trinajstić information content (AvgIpc) is 3.09. The molecule has 0 aliphatic heterocycles. The lowest BCUT2D eigenvalue weighted by Crippen LogP contribution is -2.38. The summed E-state index contributed by atoms with van der Waals surface area (Å²) in [6.07, 6.45) is 0.879. The van der Waals surface area contributed by atoms with Crippen molar-refractivity contribution in [1.82, 2.24) is 15.6 Å². The van der Waals surface area contributed by atoms with Crippen LogP contribution in [0, 0.1) is 6.92 Å². The number of ether oxygens (including phenoxy) is 1. The molecule has 0 atom stereocenters. The number of aliphatic imine (C=N–C) groups is 1. The number of hydrogen-bond donors (Lipinski definition) is 2. The van der Waals surface area contributed by atoms with Crippen molar-refractivity contribution in [2.75, 3.05) is 20.2 Å². The zero-order valence-corrected chi connectivity index (χ0v) is 20.0. The Hall–Kier alpha value is -1.35. The van der Waals surface area contributed by atoms with Gasteiger partial charge in [-0.25, -0.2) is 9.98 Å². The molecule has 0 saturated heterocycles. The van der Waals surface area contributed by atoms with Gasteiger partial charge in [-0.15, -0.1) is 35.3 Å². The molecule has 150 valence electrons. The van der Waals surface area contributed by atoms with E-state index in [1.807, 2.05) is 6.07 Å². The number of nitrogens with one attached hydrogen (secondary N) is 2. The maximum atomic E-state index is 5.45. The van der Waals surface area contributed by atoms with Gasteiger partial charge in [0.2, 0.25) is 0 Å². The standard InChI is InChI=1S/C20H30N4OS.HI/c1-6-21-20(23-12-19-24-17(13-26-19)14(2)3)22-10-9-16-11-15(4)7-8-18(16)25-5;/h7-8,11,13-14H,6,9-10,12H2,1-5H3,(H2,21,22,23);1H. The first-order chi connectivity index (χ1) is 12.5. The number of rotatable bonds is 8. The van der Waals surface area contributed by atoms with E-state index in [0.29, 0.717) is 12.5 Å². The van der Waals surface area contributed by atoms with Gasteiger partial charge in [-0.3, -0.25) is 0 Å². The van der Waals surface area contributed by atoms with Gasteiger partial charge in [-0.1, -0.05) is 31.5 Å². The third-order valence-electron chi connectivity index (χ3n) is 4.00. The first kappa shape index (κ1) is 23.7. The van der Waals surface area contributed by atoms with Crippen molar-refractivity contribution in [3.05, 3.63) is 45.4 Å². The summed E-state index contributed by atoms with van der Waals surface area (Å²) in [6.45, 7) is 10.7. The van der Waals surface area contributed by atoms with Crippen LogP contribution in [-0.2, 0) is 13.0 Å². The Bertz CT molecular complexity index is 731. The van der Waals surface area contributed by atoms with Crippen molar-refractivity contribution in [2.45, 2.75) is 46.6 Å². The highest BCUT2D eigenvalue weighted by Gasteiger charge is 2.07. The molecule has 0 bridgehead atoms. The average molecular weight is 502 g/mol. The molecular weight excluding hydrogens is 471 g/mol. The Morgan fingerprint density at radius 3 is 2.70 bits per heavy atom. The normalized spacial score (nSPS) is 11.3. The van der Waals surface area contributed by atoms with E-state index < -0.39 is 0 Å². The molecule has 0 aliphatic rings. The summed E-state index contributed by atoms with van der Waals surface area (Å²) in [5.74, 6) is 2.21. The van der Waals surface area contributed by atoms with E-state index in [1.165, 1.54) is 11.1 Å². The van der Waals surface area contributed by atoms with Crippen molar-refractivity contribution in [1.29, 1.82) is 0 Å². The van der Waals surface area contributed by atoms with Crippen LogP contribution in [0.25, 0.3) is 0 Å². The highest BCUT2D eigenvalue weighted by Crippen LogP contribution is 2.20. The summed E-state index contributed by atoms with van der Waals surface area (Å²) in [5, 5.41) is 9.87. The number of methoxy groups -OCH3 is 1. The van der Waals surface area contributed by atoms with Gasteiger partial charge in [0.05, 0.1) is 19.3 Å². The van der Waals surface area contributed by atoms with E-state index in [0.717, 1.165) is 41.9 Å². The maximum Gasteiger partial charge on any atom is 0.191 e. The van der Waals surface area contributed by atoms with Crippen LogP contribution in [0.2, 0.25) is 0 Å². The number of hydrogen-bond acceptors (Lipinski definition) is 4. The second-order valence-electron chi connectivity index (χ2n) is 6.51. The minimum Gasteiger partial charge on any atom is -0.496 e. The molecule has 1 aromatic heterocycles. The van der Waals surface area contributed by atoms with Crippen molar-refractivity contribution < 1.29 is 4.74 Å². The molecule has 0 saturated carbocycles. The van der Waals surface area contributed by atoms with Gasteiger partial charge in [-0.2, -0.15) is 0 Å². The second-order valence-corrected chi connectivity index (χ2v) is 7.45. The Morgan fingerprint density at radius 1 is 1.30 bits per heavy atom. The molecule has 0 radical (unpaired) electrons. The molecule has 0 fully saturated rings. The lowest BCUT2D eigenvalue weighted by atomic mass is 10.1. The Balaban J connectivity index is 0.00000364. The molecule has 0 aliphatic carbocycles. The third-order valence-corrected chi connectivity index (χ3v) is 4.85. The monoisotopic (exact) mass is 502 g/mol. The molecule has 2 N–H and O–H groups in total. The van der Waals surface area contributed by atoms with Gasteiger partial charge in [0.15, 0.2) is 5.96 Å². The molecule has 0 spiro atoms. The number of halogens is 1. The van der Waals surface area contributed by atoms with Crippen LogP contribution in [0.4, 0.5) is 0 Å². The number of benzene rings is 1. The topological polar surface area (TPSA) is 58.5 Å². The zero-order chi connectivity index (χ0) is 18.9. The molecule has 1 heterocycles. The van der Waals surface area contributed by atoms with E-state index >= 15 is 0 Å². The van der Waals surface area contributed by atoms with Crippen LogP contribution in [0.3, 0.4) is 0 Å². The molecular formula is C20H31IN4OS. The molecule has 1 aromatic carbocycles. The van der Waals surface area contributed by atoms with Gasteiger partial charge >= 0.3 is 0 Å². The van der Waals surface area contributed by atoms with E-state index in [-0.39, 0.29) is 24.0 Å². The smallest absolute Gasteiger partial charge is 0.191 e. The third kappa shape index (κ3) is 7.65. The fraction of sp³-hybridized carbons (Fsp3) is 0.500. The highest BCUT2D eigenvalue weighted by molar-refractivity contribution is 14.0. The summed E-state index contributed by atoms with van der Waals surface area (Å²) in [4.78, 5) is 9.30. The van der Waals surface area contributed by atoms with Crippen LogP contribution in [0.5, 0.6) is 5.75 Å². The Kier molecular flexibility index (Phi) is 10.7. The summed E-state index contributed by atoms with van der Waals surface area (Å²) in [6, 6.07) is 6.27. The molecule has 0 amide bonds. The summed E-state index contributed by atoms with van der Waals surface area (Å²) in [5.41, 5.74) is 3.59.